The van der Waals surface area contributed by atoms with Crippen LogP contribution in [0.4, 0.5) is 23.2 Å². The second-order valence-electron chi connectivity index (χ2n) is 9.30. The molecule has 1 fully saturated rings. The maximum atomic E-state index is 14.4. The first-order valence-corrected chi connectivity index (χ1v) is 12.1. The van der Waals surface area contributed by atoms with Gasteiger partial charge in [0.05, 0.1) is 11.8 Å². The van der Waals surface area contributed by atoms with Crippen LogP contribution in [0.1, 0.15) is 23.6 Å². The van der Waals surface area contributed by atoms with E-state index in [-0.39, 0.29) is 11.0 Å². The number of hydrogen-bond donors (Lipinski definition) is 0. The van der Waals surface area contributed by atoms with Crippen molar-refractivity contribution in [2.75, 3.05) is 11.4 Å². The zero-order valence-corrected chi connectivity index (χ0v) is 20.4. The number of anilines is 1. The van der Waals surface area contributed by atoms with Crippen LogP contribution in [0.25, 0.3) is 0 Å². The van der Waals surface area contributed by atoms with Gasteiger partial charge in [0.2, 0.25) is 0 Å². The number of carbonyl (C=O) groups excluding carboxylic acids is 3. The Morgan fingerprint density at radius 3 is 2.15 bits per heavy atom. The second kappa shape index (κ2) is 9.67. The predicted octanol–water partition coefficient (Wildman–Crippen LogP) is 3.91. The Balaban J connectivity index is 1.28. The minimum absolute atomic E-state index is 0.0100. The summed E-state index contributed by atoms with van der Waals surface area (Å²) in [6.07, 6.45) is 0.405. The molecule has 3 aliphatic rings. The Labute approximate surface area is 224 Å². The molecule has 0 saturated carbocycles. The van der Waals surface area contributed by atoms with Gasteiger partial charge in [-0.2, -0.15) is 10.2 Å². The van der Waals surface area contributed by atoms with Crippen molar-refractivity contribution in [3.63, 3.8) is 0 Å². The van der Waals surface area contributed by atoms with Gasteiger partial charge < -0.3 is 0 Å². The van der Waals surface area contributed by atoms with E-state index in [9.17, 15) is 31.9 Å². The molecule has 13 heteroatoms. The van der Waals surface area contributed by atoms with Crippen molar-refractivity contribution in [1.29, 1.82) is 0 Å². The Morgan fingerprint density at radius 2 is 1.50 bits per heavy atom. The first-order valence-electron chi connectivity index (χ1n) is 12.1. The molecule has 9 nitrogen and oxygen atoms in total. The number of imide groups is 1. The molecule has 3 aliphatic heterocycles. The fraction of sp³-hybridized carbons (Fsp3) is 0.185. The van der Waals surface area contributed by atoms with Crippen LogP contribution < -0.4 is 4.90 Å². The summed E-state index contributed by atoms with van der Waals surface area (Å²) in [5.74, 6) is -10.4. The van der Waals surface area contributed by atoms with Gasteiger partial charge in [0.25, 0.3) is 17.7 Å². The van der Waals surface area contributed by atoms with E-state index in [0.29, 0.717) is 12.1 Å². The molecule has 3 atom stereocenters. The van der Waals surface area contributed by atoms with Crippen LogP contribution in [-0.4, -0.2) is 52.1 Å². The molecule has 3 heterocycles. The van der Waals surface area contributed by atoms with E-state index in [4.69, 9.17) is 0 Å². The number of fused-ring (bicyclic) bond motifs is 1. The number of hydrogen-bond acceptors (Lipinski definition) is 7. The van der Waals surface area contributed by atoms with Crippen molar-refractivity contribution >= 4 is 29.1 Å². The molecule has 0 spiro atoms. The molecule has 202 valence electrons. The number of halogens is 4. The molecule has 0 N–H and O–H groups in total. The molecule has 0 aromatic heterocycles. The summed E-state index contributed by atoms with van der Waals surface area (Å²) in [7, 11) is 0. The summed E-state index contributed by atoms with van der Waals surface area (Å²) < 4.78 is 56.5. The number of carbonyl (C=O) groups is 3. The quantitative estimate of drug-likeness (QED) is 0.273. The molecular weight excluding hydrogens is 532 g/mol. The maximum Gasteiger partial charge on any atom is 0.264 e. The fourth-order valence-corrected chi connectivity index (χ4v) is 5.02. The minimum atomic E-state index is -1.91. The number of nitrogens with zero attached hydrogens (tertiary/aromatic N) is 6. The van der Waals surface area contributed by atoms with Crippen LogP contribution in [0.3, 0.4) is 0 Å². The normalized spacial score (nSPS) is 21.9. The largest absolute Gasteiger partial charge is 0.271 e. The van der Waals surface area contributed by atoms with Gasteiger partial charge in [0.15, 0.2) is 35.4 Å². The highest BCUT2D eigenvalue weighted by molar-refractivity contribution is 6.25. The molecule has 6 rings (SSSR count). The molecule has 0 unspecified atom stereocenters. The minimum Gasteiger partial charge on any atom is -0.271 e. The fourth-order valence-electron chi connectivity index (χ4n) is 5.02. The molecule has 3 aromatic rings. The molecule has 0 bridgehead atoms. The van der Waals surface area contributed by atoms with E-state index in [2.05, 4.69) is 15.4 Å². The summed E-state index contributed by atoms with van der Waals surface area (Å²) in [6, 6.07) is 14.8. The van der Waals surface area contributed by atoms with Gasteiger partial charge in [0, 0.05) is 12.5 Å². The topological polar surface area (TPSA) is 98.0 Å². The summed E-state index contributed by atoms with van der Waals surface area (Å²) in [4.78, 5) is 39.6. The van der Waals surface area contributed by atoms with Gasteiger partial charge in [0.1, 0.15) is 12.2 Å². The monoisotopic (exact) mass is 550 g/mol. The van der Waals surface area contributed by atoms with Crippen molar-refractivity contribution in [2.45, 2.75) is 24.5 Å². The predicted molar refractivity (Wildman–Crippen MR) is 132 cm³/mol. The van der Waals surface area contributed by atoms with Gasteiger partial charge in [-0.3, -0.25) is 19.4 Å². The van der Waals surface area contributed by atoms with Crippen LogP contribution in [0.5, 0.6) is 0 Å². The smallest absolute Gasteiger partial charge is 0.264 e. The Morgan fingerprint density at radius 1 is 0.875 bits per heavy atom. The molecule has 1 saturated heterocycles. The third-order valence-electron chi connectivity index (χ3n) is 6.92. The second-order valence-corrected chi connectivity index (χ2v) is 9.30. The lowest BCUT2D eigenvalue weighted by Crippen LogP contribution is -2.45. The number of hydrazone groups is 1. The Kier molecular flexibility index (Phi) is 6.12. The highest BCUT2D eigenvalue weighted by atomic mass is 19.2. The van der Waals surface area contributed by atoms with E-state index in [0.717, 1.165) is 16.1 Å². The van der Waals surface area contributed by atoms with Crippen LogP contribution in [0.15, 0.2) is 82.2 Å². The van der Waals surface area contributed by atoms with Crippen LogP contribution in [0, 0.1) is 23.3 Å². The lowest BCUT2D eigenvalue weighted by molar-refractivity contribution is -0.135. The van der Waals surface area contributed by atoms with Crippen LogP contribution in [-0.2, 0) is 14.4 Å². The molecule has 40 heavy (non-hydrogen) atoms. The lowest BCUT2D eigenvalue weighted by atomic mass is 9.98. The lowest BCUT2D eigenvalue weighted by Gasteiger charge is -2.25. The van der Waals surface area contributed by atoms with Crippen molar-refractivity contribution in [2.24, 2.45) is 15.4 Å². The summed E-state index contributed by atoms with van der Waals surface area (Å²) >= 11 is 0. The SMILES string of the molecule is O=C1[C@H]2N=NN(CC(=O)N3N=C(c4ccccc4)C[C@H]3c3ccccc3)[C@H]2C(=O)N1c1c(F)c(F)cc(F)c1F. The van der Waals surface area contributed by atoms with Gasteiger partial charge in [-0.1, -0.05) is 65.9 Å². The molecular formula is C27H18F4N6O3. The molecule has 0 radical (unpaired) electrons. The summed E-state index contributed by atoms with van der Waals surface area (Å²) in [6.45, 7) is -0.561. The maximum absolute atomic E-state index is 14.4. The average Bonchev–Trinajstić information content (AvgIpc) is 3.65. The van der Waals surface area contributed by atoms with E-state index in [1.807, 2.05) is 60.7 Å². The molecule has 3 aromatic carbocycles. The van der Waals surface area contributed by atoms with Crippen LogP contribution in [0.2, 0.25) is 0 Å². The van der Waals surface area contributed by atoms with Crippen molar-refractivity contribution < 1.29 is 31.9 Å². The first kappa shape index (κ1) is 25.3. The molecule has 3 amide bonds. The van der Waals surface area contributed by atoms with Gasteiger partial charge in [-0.05, 0) is 11.1 Å². The standard InChI is InChI=1S/C27H18F4N6O3/c28-16-11-17(29)22(31)24(21(16)30)36-26(39)23-25(27(36)40)35(34-32-23)13-20(38)37-19(15-9-5-2-6-10-15)12-18(33-37)14-7-3-1-4-8-14/h1-11,19,23,25H,12-13H2/t19-,23-,25+/m0/s1. The third kappa shape index (κ3) is 4.01. The summed E-state index contributed by atoms with van der Waals surface area (Å²) in [5.41, 5.74) is 0.798. The van der Waals surface area contributed by atoms with Crippen molar-refractivity contribution in [3.05, 3.63) is 101 Å². The zero-order valence-electron chi connectivity index (χ0n) is 20.4. The third-order valence-corrected chi connectivity index (χ3v) is 6.92. The van der Waals surface area contributed by atoms with E-state index >= 15 is 0 Å². The van der Waals surface area contributed by atoms with E-state index < -0.39 is 71.3 Å². The van der Waals surface area contributed by atoms with Gasteiger partial charge in [-0.25, -0.2) is 27.5 Å². The average molecular weight is 550 g/mol. The highest BCUT2D eigenvalue weighted by Crippen LogP contribution is 2.37. The molecule has 0 aliphatic carbocycles. The first-order chi connectivity index (χ1) is 19.3. The Bertz CT molecular complexity index is 1570. The number of benzene rings is 3. The van der Waals surface area contributed by atoms with Gasteiger partial charge >= 0.3 is 0 Å². The van der Waals surface area contributed by atoms with Gasteiger partial charge in [-0.15, -0.1) is 0 Å². The summed E-state index contributed by atoms with van der Waals surface area (Å²) in [5, 5.41) is 14.2. The van der Waals surface area contributed by atoms with E-state index in [1.54, 1.807) is 0 Å². The zero-order chi connectivity index (χ0) is 28.1. The van der Waals surface area contributed by atoms with Crippen LogP contribution >= 0.6 is 0 Å². The van der Waals surface area contributed by atoms with E-state index in [1.165, 1.54) is 5.01 Å². The number of amides is 3. The highest BCUT2D eigenvalue weighted by Gasteiger charge is 2.57. The van der Waals surface area contributed by atoms with Crippen molar-refractivity contribution in [3.8, 4) is 0 Å². The van der Waals surface area contributed by atoms with Crippen molar-refractivity contribution in [1.82, 2.24) is 10.0 Å². The Hall–Kier alpha value is -4.94. The number of rotatable bonds is 5.